The van der Waals surface area contributed by atoms with Crippen molar-refractivity contribution in [1.29, 1.82) is 0 Å². The summed E-state index contributed by atoms with van der Waals surface area (Å²) in [6.07, 6.45) is 12.6. The summed E-state index contributed by atoms with van der Waals surface area (Å²) in [5, 5.41) is 2.57. The van der Waals surface area contributed by atoms with Gasteiger partial charge in [-0.05, 0) is 116 Å². The van der Waals surface area contributed by atoms with E-state index in [0.717, 1.165) is 29.3 Å². The average Bonchev–Trinajstić information content (AvgIpc) is 3.81. The SMILES string of the molecule is Cc1cc(S(=O)(=O)O)cc2c1N(OCCOCCOCCOCCCCC(=O)ON1C(=O)CCC1=O)/C(=C/C=C/C1=CC(=C/C3=[N+](C)c4ccc5c(S(=O)(=O)O)cc(S(=O)(=O)O)cc5c4C3(C)C)/CC(C)(C)C1)C2(C)C. The topological polar surface area (TPSA) is 270 Å². The lowest BCUT2D eigenvalue weighted by Crippen LogP contribution is -2.31. The molecule has 0 radical (unpaired) electrons. The molecule has 20 nitrogen and oxygen atoms in total. The van der Waals surface area contributed by atoms with Gasteiger partial charge in [0, 0.05) is 54.4 Å². The molecule has 3 aromatic carbocycles. The van der Waals surface area contributed by atoms with Crippen molar-refractivity contribution < 1.29 is 81.8 Å². The maximum absolute atomic E-state index is 12.5. The van der Waals surface area contributed by atoms with Crippen LogP contribution >= 0.6 is 0 Å². The second kappa shape index (κ2) is 22.5. The highest BCUT2D eigenvalue weighted by atomic mass is 32.2. The van der Waals surface area contributed by atoms with Crippen LogP contribution in [-0.4, -0.2) is 125 Å². The number of carbonyl (C=O) groups excluding carboxylic acids is 3. The normalized spacial score (nSPS) is 19.4. The molecule has 0 bridgehead atoms. The highest BCUT2D eigenvalue weighted by molar-refractivity contribution is 7.87. The number of carbonyl (C=O) groups is 3. The predicted octanol–water partition coefficient (Wildman–Crippen LogP) is 7.56. The number of nitrogens with zero attached hydrogens (tertiary/aromatic N) is 3. The summed E-state index contributed by atoms with van der Waals surface area (Å²) in [7, 11) is -12.4. The van der Waals surface area contributed by atoms with Crippen molar-refractivity contribution in [1.82, 2.24) is 5.06 Å². The van der Waals surface area contributed by atoms with Gasteiger partial charge in [-0.2, -0.15) is 29.8 Å². The van der Waals surface area contributed by atoms with E-state index >= 15 is 0 Å². The fourth-order valence-corrected chi connectivity index (χ4v) is 12.3. The third kappa shape index (κ3) is 12.9. The Balaban J connectivity index is 1.01. The molecule has 0 aromatic heterocycles. The van der Waals surface area contributed by atoms with Gasteiger partial charge in [-0.15, -0.1) is 5.06 Å². The molecule has 0 saturated carbocycles. The molecule has 3 aromatic rings. The van der Waals surface area contributed by atoms with Crippen molar-refractivity contribution in [2.24, 2.45) is 5.41 Å². The van der Waals surface area contributed by atoms with Crippen molar-refractivity contribution in [2.45, 2.75) is 119 Å². The fraction of sp³-hybridized carbons (Fsp3) is 0.472. The van der Waals surface area contributed by atoms with E-state index in [0.29, 0.717) is 84.5 Å². The molecular weight excluding hydrogens is 1050 g/mol. The number of imide groups is 1. The first-order valence-corrected chi connectivity index (χ1v) is 29.1. The lowest BCUT2D eigenvalue weighted by atomic mass is 9.73. The Morgan fingerprint density at radius 3 is 1.95 bits per heavy atom. The molecule has 1 saturated heterocycles. The zero-order chi connectivity index (χ0) is 55.8. The number of ether oxygens (including phenoxy) is 3. The van der Waals surface area contributed by atoms with E-state index < -0.39 is 68.8 Å². The summed E-state index contributed by atoms with van der Waals surface area (Å²) in [4.78, 5) is 44.9. The molecule has 3 aliphatic heterocycles. The molecule has 23 heteroatoms. The monoisotopic (exact) mass is 1110 g/mol. The lowest BCUT2D eigenvalue weighted by molar-refractivity contribution is -0.401. The van der Waals surface area contributed by atoms with E-state index in [-0.39, 0.29) is 60.2 Å². The summed E-state index contributed by atoms with van der Waals surface area (Å²) in [6, 6.07) is 8.08. The van der Waals surface area contributed by atoms with Gasteiger partial charge in [0.25, 0.3) is 42.2 Å². The van der Waals surface area contributed by atoms with Gasteiger partial charge >= 0.3 is 5.97 Å². The van der Waals surface area contributed by atoms with Crippen LogP contribution in [0.15, 0.2) is 98.3 Å². The predicted molar refractivity (Wildman–Crippen MR) is 280 cm³/mol. The van der Waals surface area contributed by atoms with Gasteiger partial charge in [0.15, 0.2) is 5.71 Å². The molecule has 412 valence electrons. The van der Waals surface area contributed by atoms with Crippen molar-refractivity contribution >= 4 is 76.0 Å². The molecule has 1 fully saturated rings. The zero-order valence-corrected chi connectivity index (χ0v) is 46.3. The van der Waals surface area contributed by atoms with Crippen LogP contribution in [0.25, 0.3) is 10.8 Å². The second-order valence-corrected chi connectivity index (χ2v) is 25.3. The molecule has 0 atom stereocenters. The number of hydrogen-bond donors (Lipinski definition) is 3. The molecule has 4 aliphatic rings. The van der Waals surface area contributed by atoms with Crippen LogP contribution in [-0.2, 0) is 79.5 Å². The molecule has 0 spiro atoms. The van der Waals surface area contributed by atoms with Crippen LogP contribution < -0.4 is 5.06 Å². The smallest absolute Gasteiger partial charge is 0.333 e. The van der Waals surface area contributed by atoms with Gasteiger partial charge in [-0.25, -0.2) is 9.86 Å². The van der Waals surface area contributed by atoms with Crippen LogP contribution in [0.1, 0.15) is 103 Å². The van der Waals surface area contributed by atoms with Gasteiger partial charge in [0.05, 0.1) is 66.2 Å². The number of allylic oxidation sites excluding steroid dienone is 8. The van der Waals surface area contributed by atoms with Crippen molar-refractivity contribution in [3.63, 3.8) is 0 Å². The van der Waals surface area contributed by atoms with Crippen molar-refractivity contribution in [2.75, 3.05) is 58.4 Å². The minimum Gasteiger partial charge on any atom is -0.379 e. The van der Waals surface area contributed by atoms with E-state index in [2.05, 4.69) is 26.0 Å². The van der Waals surface area contributed by atoms with E-state index in [1.165, 1.54) is 24.3 Å². The van der Waals surface area contributed by atoms with Crippen LogP contribution in [0.2, 0.25) is 0 Å². The molecule has 3 heterocycles. The van der Waals surface area contributed by atoms with Crippen LogP contribution in [0.5, 0.6) is 0 Å². The summed E-state index contributed by atoms with van der Waals surface area (Å²) in [6.45, 7) is 15.7. The number of anilines is 1. The van der Waals surface area contributed by atoms with Crippen molar-refractivity contribution in [3.8, 4) is 0 Å². The van der Waals surface area contributed by atoms with E-state index in [9.17, 15) is 53.3 Å². The Kier molecular flexibility index (Phi) is 17.2. The molecule has 7 rings (SSSR count). The Hall–Kier alpha value is -5.47. The summed E-state index contributed by atoms with van der Waals surface area (Å²) in [5.74, 6) is -1.69. The average molecular weight is 1110 g/mol. The Bertz CT molecular complexity index is 3340. The first-order valence-electron chi connectivity index (χ1n) is 24.7. The molecule has 76 heavy (non-hydrogen) atoms. The van der Waals surface area contributed by atoms with Gasteiger partial charge < -0.3 is 19.0 Å². The van der Waals surface area contributed by atoms with Crippen LogP contribution in [0.4, 0.5) is 11.4 Å². The minimum absolute atomic E-state index is 0.0372. The van der Waals surface area contributed by atoms with Crippen molar-refractivity contribution in [3.05, 3.63) is 100 Å². The molecule has 3 N–H and O–H groups in total. The standard InChI is InChI=1S/C53H65N3O17S3/c1-34-26-37(74(60,61)62)30-41-50(34)55(72-25-24-71-23-22-70-21-20-69-19-10-9-14-48(59)73-56-46(57)17-18-47(56)58)44(52(41,4)5)13-11-12-35-27-36(33-51(2,3)32-35)28-45-53(6,7)49-40-29-38(75(63,64)65)31-43(76(66,67)68)39(40)15-16-42(49)54(45)8/h11-13,15-16,26-31H,9-10,14,17-25,32-33H2,1-8H3,(H2-,60,61,62,63,64,65,66,67,68)/p+1. The summed E-state index contributed by atoms with van der Waals surface area (Å²) < 4.78 is 124. The van der Waals surface area contributed by atoms with Gasteiger partial charge in [0.1, 0.15) is 11.9 Å². The van der Waals surface area contributed by atoms with Crippen LogP contribution in [0, 0.1) is 12.3 Å². The number of aryl methyl sites for hydroxylation is 1. The Labute approximate surface area is 443 Å². The van der Waals surface area contributed by atoms with Gasteiger partial charge in [-0.3, -0.25) is 28.1 Å². The van der Waals surface area contributed by atoms with Gasteiger partial charge in [0.2, 0.25) is 5.69 Å². The Morgan fingerprint density at radius 1 is 0.724 bits per heavy atom. The number of rotatable bonds is 22. The van der Waals surface area contributed by atoms with Crippen LogP contribution in [0.3, 0.4) is 0 Å². The third-order valence-corrected chi connectivity index (χ3v) is 16.4. The quantitative estimate of drug-likeness (QED) is 0.0379. The number of hydrogen-bond acceptors (Lipinski definition) is 15. The molecule has 0 unspecified atom stereocenters. The maximum Gasteiger partial charge on any atom is 0.333 e. The number of amides is 2. The number of hydroxylamine groups is 3. The van der Waals surface area contributed by atoms with E-state index in [1.54, 1.807) is 18.1 Å². The zero-order valence-electron chi connectivity index (χ0n) is 43.9. The van der Waals surface area contributed by atoms with E-state index in [1.807, 2.05) is 57.5 Å². The van der Waals surface area contributed by atoms with E-state index in [4.69, 9.17) is 23.9 Å². The number of benzene rings is 3. The highest BCUT2D eigenvalue weighted by Crippen LogP contribution is 2.51. The lowest BCUT2D eigenvalue weighted by Gasteiger charge is -2.31. The second-order valence-electron chi connectivity index (χ2n) is 21.1. The molecule has 1 aliphatic carbocycles. The molecular formula is C53H66N3O17S3+. The first-order chi connectivity index (χ1) is 35.4. The number of unbranched alkanes of at least 4 members (excludes halogenated alkanes) is 1. The fourth-order valence-electron chi connectivity index (χ4n) is 10.3. The Morgan fingerprint density at radius 2 is 1.33 bits per heavy atom. The largest absolute Gasteiger partial charge is 0.379 e. The third-order valence-electron chi connectivity index (χ3n) is 13.9. The first kappa shape index (κ1) is 58.2. The maximum atomic E-state index is 12.5. The summed E-state index contributed by atoms with van der Waals surface area (Å²) in [5.41, 5.74) is 4.90. The molecule has 2 amide bonds. The minimum atomic E-state index is -4.90. The highest BCUT2D eigenvalue weighted by Gasteiger charge is 2.46. The number of fused-ring (bicyclic) bond motifs is 4. The van der Waals surface area contributed by atoms with Gasteiger partial charge in [-0.1, -0.05) is 45.9 Å². The summed E-state index contributed by atoms with van der Waals surface area (Å²) >= 11 is 0.